The van der Waals surface area contributed by atoms with E-state index in [1.54, 1.807) is 13.3 Å². The maximum Gasteiger partial charge on any atom is 0.213 e. The van der Waals surface area contributed by atoms with Gasteiger partial charge in [-0.2, -0.15) is 0 Å². The Labute approximate surface area is 159 Å². The van der Waals surface area contributed by atoms with Crippen molar-refractivity contribution >= 4 is 23.0 Å². The Morgan fingerprint density at radius 1 is 1.23 bits per heavy atom. The maximum atomic E-state index is 5.92. The lowest BCUT2D eigenvalue weighted by Crippen LogP contribution is -2.49. The first-order valence-corrected chi connectivity index (χ1v) is 9.33. The van der Waals surface area contributed by atoms with Gasteiger partial charge in [0.15, 0.2) is 5.11 Å². The van der Waals surface area contributed by atoms with Crippen molar-refractivity contribution in [3.8, 4) is 5.88 Å². The van der Waals surface area contributed by atoms with Gasteiger partial charge < -0.3 is 19.7 Å². The van der Waals surface area contributed by atoms with Gasteiger partial charge in [-0.25, -0.2) is 4.98 Å². The molecule has 136 valence electrons. The number of rotatable bonds is 2. The van der Waals surface area contributed by atoms with Gasteiger partial charge in [0, 0.05) is 24.6 Å². The van der Waals surface area contributed by atoms with E-state index < -0.39 is 0 Å². The van der Waals surface area contributed by atoms with E-state index in [1.807, 2.05) is 12.1 Å². The average molecular weight is 369 g/mol. The van der Waals surface area contributed by atoms with Crippen LogP contribution in [0.5, 0.6) is 5.88 Å². The Morgan fingerprint density at radius 2 is 2.04 bits per heavy atom. The summed E-state index contributed by atoms with van der Waals surface area (Å²) in [5.41, 5.74) is 3.80. The van der Waals surface area contributed by atoms with Gasteiger partial charge in [-0.3, -0.25) is 0 Å². The summed E-state index contributed by atoms with van der Waals surface area (Å²) >= 11 is 5.61. The van der Waals surface area contributed by atoms with Gasteiger partial charge in [-0.15, -0.1) is 0 Å². The second kappa shape index (κ2) is 7.21. The summed E-state index contributed by atoms with van der Waals surface area (Å²) in [4.78, 5) is 6.45. The number of thiocarbonyl (C=S) groups is 1. The number of nitrogens with zero attached hydrogens (tertiary/aromatic N) is 2. The molecule has 0 bridgehead atoms. The molecule has 0 unspecified atom stereocenters. The molecule has 2 aromatic rings. The standard InChI is InChI=1S/C20H23N3O2S/c1-24-18-7-6-16(12-21-18)22-19(26)23-10-8-20(9-11-23)14-25-13-15-4-2-3-5-17(15)20/h2-7,12H,8-11,13-14H2,1H3,(H,22,26). The van der Waals surface area contributed by atoms with Gasteiger partial charge in [0.1, 0.15) is 0 Å². The van der Waals surface area contributed by atoms with Crippen molar-refractivity contribution in [3.05, 3.63) is 53.7 Å². The molecule has 3 heterocycles. The lowest BCUT2D eigenvalue weighted by atomic mass is 9.71. The summed E-state index contributed by atoms with van der Waals surface area (Å²) in [5.74, 6) is 0.595. The molecule has 1 aromatic heterocycles. The summed E-state index contributed by atoms with van der Waals surface area (Å²) in [6.07, 6.45) is 3.83. The van der Waals surface area contributed by atoms with E-state index in [0.717, 1.165) is 49.9 Å². The number of hydrogen-bond donors (Lipinski definition) is 1. The summed E-state index contributed by atoms with van der Waals surface area (Å²) in [6, 6.07) is 12.4. The second-order valence-corrected chi connectivity index (χ2v) is 7.32. The summed E-state index contributed by atoms with van der Waals surface area (Å²) < 4.78 is 11.0. The number of piperidine rings is 1. The largest absolute Gasteiger partial charge is 0.481 e. The van der Waals surface area contributed by atoms with Crippen LogP contribution in [0.25, 0.3) is 0 Å². The molecule has 1 aromatic carbocycles. The molecule has 5 nitrogen and oxygen atoms in total. The fraction of sp³-hybridized carbons (Fsp3) is 0.400. The molecule has 4 rings (SSSR count). The number of pyridine rings is 1. The highest BCUT2D eigenvalue weighted by molar-refractivity contribution is 7.80. The predicted molar refractivity (Wildman–Crippen MR) is 106 cm³/mol. The molecular formula is C20H23N3O2S. The van der Waals surface area contributed by atoms with E-state index >= 15 is 0 Å². The smallest absolute Gasteiger partial charge is 0.213 e. The summed E-state index contributed by atoms with van der Waals surface area (Å²) in [6.45, 7) is 3.38. The van der Waals surface area contributed by atoms with Crippen LogP contribution in [0.3, 0.4) is 0 Å². The van der Waals surface area contributed by atoms with Crippen LogP contribution in [0.2, 0.25) is 0 Å². The van der Waals surface area contributed by atoms with E-state index in [2.05, 4.69) is 39.5 Å². The molecule has 0 aliphatic carbocycles. The molecule has 1 fully saturated rings. The Kier molecular flexibility index (Phi) is 4.78. The molecule has 1 saturated heterocycles. The SMILES string of the molecule is COc1ccc(NC(=S)N2CCC3(CC2)COCc2ccccc23)cn1. The minimum atomic E-state index is 0.128. The summed E-state index contributed by atoms with van der Waals surface area (Å²) in [5, 5.41) is 4.03. The maximum absolute atomic E-state index is 5.92. The lowest BCUT2D eigenvalue weighted by Gasteiger charge is -2.45. The molecule has 26 heavy (non-hydrogen) atoms. The Bertz CT molecular complexity index is 786. The molecule has 1 N–H and O–H groups in total. The number of anilines is 1. The second-order valence-electron chi connectivity index (χ2n) is 6.94. The van der Waals surface area contributed by atoms with Crippen LogP contribution in [-0.2, 0) is 16.8 Å². The van der Waals surface area contributed by atoms with Crippen LogP contribution in [0, 0.1) is 0 Å². The Balaban J connectivity index is 1.41. The monoisotopic (exact) mass is 369 g/mol. The van der Waals surface area contributed by atoms with Crippen molar-refractivity contribution in [3.63, 3.8) is 0 Å². The van der Waals surface area contributed by atoms with Crippen molar-refractivity contribution in [2.45, 2.75) is 24.9 Å². The van der Waals surface area contributed by atoms with Crippen molar-refractivity contribution in [2.75, 3.05) is 32.1 Å². The average Bonchev–Trinajstić information content (AvgIpc) is 2.69. The van der Waals surface area contributed by atoms with Gasteiger partial charge in [-0.05, 0) is 42.3 Å². The van der Waals surface area contributed by atoms with Gasteiger partial charge in [0.05, 0.1) is 32.2 Å². The summed E-state index contributed by atoms with van der Waals surface area (Å²) in [7, 11) is 1.61. The van der Waals surface area contributed by atoms with E-state index in [4.69, 9.17) is 21.7 Å². The molecule has 6 heteroatoms. The normalized spacial score (nSPS) is 18.3. The van der Waals surface area contributed by atoms with Crippen LogP contribution >= 0.6 is 12.2 Å². The minimum absolute atomic E-state index is 0.128. The van der Waals surface area contributed by atoms with Gasteiger partial charge in [0.25, 0.3) is 0 Å². The minimum Gasteiger partial charge on any atom is -0.481 e. The van der Waals surface area contributed by atoms with Crippen LogP contribution in [-0.4, -0.2) is 41.8 Å². The van der Waals surface area contributed by atoms with Crippen molar-refractivity contribution in [2.24, 2.45) is 0 Å². The zero-order chi connectivity index (χ0) is 18.0. The van der Waals surface area contributed by atoms with Crippen LogP contribution in [0.4, 0.5) is 5.69 Å². The van der Waals surface area contributed by atoms with Crippen LogP contribution in [0.1, 0.15) is 24.0 Å². The first kappa shape index (κ1) is 17.2. The molecule has 1 spiro atoms. The predicted octanol–water partition coefficient (Wildman–Crippen LogP) is 3.35. The third-order valence-corrected chi connectivity index (χ3v) is 5.79. The first-order valence-electron chi connectivity index (χ1n) is 8.92. The fourth-order valence-corrected chi connectivity index (χ4v) is 4.23. The van der Waals surface area contributed by atoms with Gasteiger partial charge in [-0.1, -0.05) is 24.3 Å². The third kappa shape index (κ3) is 3.27. The first-order chi connectivity index (χ1) is 12.7. The molecule has 0 saturated carbocycles. The van der Waals surface area contributed by atoms with Gasteiger partial charge in [0.2, 0.25) is 5.88 Å². The van der Waals surface area contributed by atoms with Crippen molar-refractivity contribution < 1.29 is 9.47 Å². The zero-order valence-corrected chi connectivity index (χ0v) is 15.7. The van der Waals surface area contributed by atoms with E-state index in [0.29, 0.717) is 5.88 Å². The van der Waals surface area contributed by atoms with E-state index in [9.17, 15) is 0 Å². The molecule has 0 amide bonds. The Morgan fingerprint density at radius 3 is 2.77 bits per heavy atom. The molecular weight excluding hydrogens is 346 g/mol. The number of nitrogens with one attached hydrogen (secondary N) is 1. The van der Waals surface area contributed by atoms with Crippen molar-refractivity contribution in [1.82, 2.24) is 9.88 Å². The number of fused-ring (bicyclic) bond motifs is 2. The Hall–Kier alpha value is -2.18. The van der Waals surface area contributed by atoms with E-state index in [1.165, 1.54) is 11.1 Å². The topological polar surface area (TPSA) is 46.6 Å². The number of aromatic nitrogens is 1. The quantitative estimate of drug-likeness (QED) is 0.819. The van der Waals surface area contributed by atoms with Gasteiger partial charge >= 0.3 is 0 Å². The molecule has 2 aliphatic heterocycles. The number of ether oxygens (including phenoxy) is 2. The highest BCUT2D eigenvalue weighted by atomic mass is 32.1. The third-order valence-electron chi connectivity index (χ3n) is 5.43. The number of likely N-dealkylation sites (tertiary alicyclic amines) is 1. The number of hydrogen-bond acceptors (Lipinski definition) is 4. The number of benzene rings is 1. The molecule has 0 radical (unpaired) electrons. The highest BCUT2D eigenvalue weighted by Gasteiger charge is 2.40. The molecule has 2 aliphatic rings. The molecule has 0 atom stereocenters. The van der Waals surface area contributed by atoms with Crippen LogP contribution in [0.15, 0.2) is 42.6 Å². The number of methoxy groups -OCH3 is 1. The highest BCUT2D eigenvalue weighted by Crippen LogP contribution is 2.40. The zero-order valence-electron chi connectivity index (χ0n) is 14.9. The van der Waals surface area contributed by atoms with Crippen molar-refractivity contribution in [1.29, 1.82) is 0 Å². The van der Waals surface area contributed by atoms with E-state index in [-0.39, 0.29) is 5.41 Å². The lowest BCUT2D eigenvalue weighted by molar-refractivity contribution is 0.0281. The van der Waals surface area contributed by atoms with Crippen LogP contribution < -0.4 is 10.1 Å². The fourth-order valence-electron chi connectivity index (χ4n) is 3.93.